The molecule has 0 spiro atoms. The van der Waals surface area contributed by atoms with Gasteiger partial charge in [-0.15, -0.1) is 0 Å². The Labute approximate surface area is 95.8 Å². The van der Waals surface area contributed by atoms with E-state index in [0.717, 1.165) is 22.7 Å². The minimum absolute atomic E-state index is 0.467. The van der Waals surface area contributed by atoms with E-state index in [1.165, 1.54) is 0 Å². The quantitative estimate of drug-likeness (QED) is 0.774. The maximum absolute atomic E-state index is 8.48. The third-order valence-electron chi connectivity index (χ3n) is 2.27. The topological polar surface area (TPSA) is 54.3 Å². The molecular weight excluding hydrogens is 204 g/mol. The predicted molar refractivity (Wildman–Crippen MR) is 63.0 cm³/mol. The summed E-state index contributed by atoms with van der Waals surface area (Å²) in [6, 6.07) is 5.84. The highest BCUT2D eigenvalue weighted by Gasteiger charge is 2.08. The van der Waals surface area contributed by atoms with Crippen LogP contribution in [0.15, 0.2) is 12.1 Å². The van der Waals surface area contributed by atoms with Crippen LogP contribution >= 0.6 is 0 Å². The number of nitrogens with one attached hydrogen (secondary N) is 1. The van der Waals surface area contributed by atoms with Crippen molar-refractivity contribution < 1.29 is 9.47 Å². The summed E-state index contributed by atoms with van der Waals surface area (Å²) in [6.07, 6.45) is 0.467. The summed E-state index contributed by atoms with van der Waals surface area (Å²) in [6.45, 7) is 2.58. The maximum Gasteiger partial charge on any atom is 0.145 e. The zero-order valence-electron chi connectivity index (χ0n) is 9.83. The molecule has 0 aliphatic heterocycles. The van der Waals surface area contributed by atoms with Gasteiger partial charge in [-0.25, -0.2) is 0 Å². The van der Waals surface area contributed by atoms with E-state index in [-0.39, 0.29) is 0 Å². The molecule has 0 radical (unpaired) electrons. The molecule has 0 aromatic heterocycles. The summed E-state index contributed by atoms with van der Waals surface area (Å²) >= 11 is 0. The van der Waals surface area contributed by atoms with Crippen LogP contribution < -0.4 is 14.8 Å². The second-order valence-corrected chi connectivity index (χ2v) is 3.36. The van der Waals surface area contributed by atoms with Crippen LogP contribution in [0.25, 0.3) is 0 Å². The molecule has 0 unspecified atom stereocenters. The van der Waals surface area contributed by atoms with Gasteiger partial charge >= 0.3 is 0 Å². The van der Waals surface area contributed by atoms with Crippen molar-refractivity contribution in [3.8, 4) is 17.6 Å². The van der Waals surface area contributed by atoms with Gasteiger partial charge in [0.2, 0.25) is 0 Å². The van der Waals surface area contributed by atoms with E-state index in [0.29, 0.717) is 13.0 Å². The van der Waals surface area contributed by atoms with E-state index in [1.54, 1.807) is 14.2 Å². The van der Waals surface area contributed by atoms with Crippen LogP contribution in [0.1, 0.15) is 12.0 Å². The standard InChI is InChI=1S/C12H16N2O2/c1-9-7-10(15-2)8-11(16-3)12(9)14-6-4-5-13/h7-8,14H,4,6H2,1-3H3. The van der Waals surface area contributed by atoms with Gasteiger partial charge in [0.1, 0.15) is 11.5 Å². The molecule has 0 bridgehead atoms. The van der Waals surface area contributed by atoms with Crippen LogP contribution in [0.3, 0.4) is 0 Å². The highest BCUT2D eigenvalue weighted by molar-refractivity contribution is 5.64. The SMILES string of the molecule is COc1cc(C)c(NCCC#N)c(OC)c1. The maximum atomic E-state index is 8.48. The van der Waals surface area contributed by atoms with Crippen LogP contribution in [0.5, 0.6) is 11.5 Å². The fourth-order valence-corrected chi connectivity index (χ4v) is 1.47. The fraction of sp³-hybridized carbons (Fsp3) is 0.417. The van der Waals surface area contributed by atoms with Crippen molar-refractivity contribution in [1.29, 1.82) is 5.26 Å². The third kappa shape index (κ3) is 2.80. The van der Waals surface area contributed by atoms with E-state index in [2.05, 4.69) is 11.4 Å². The van der Waals surface area contributed by atoms with E-state index < -0.39 is 0 Å². The van der Waals surface area contributed by atoms with Gasteiger partial charge in [-0.2, -0.15) is 5.26 Å². The summed E-state index contributed by atoms with van der Waals surface area (Å²) in [4.78, 5) is 0. The summed E-state index contributed by atoms with van der Waals surface area (Å²) < 4.78 is 10.4. The highest BCUT2D eigenvalue weighted by Crippen LogP contribution is 2.32. The van der Waals surface area contributed by atoms with Crippen molar-refractivity contribution in [2.75, 3.05) is 26.1 Å². The molecule has 0 saturated heterocycles. The van der Waals surface area contributed by atoms with Crippen molar-refractivity contribution in [2.45, 2.75) is 13.3 Å². The van der Waals surface area contributed by atoms with Crippen LogP contribution in [-0.2, 0) is 0 Å². The number of benzene rings is 1. The molecule has 1 aromatic rings. The van der Waals surface area contributed by atoms with Crippen molar-refractivity contribution in [2.24, 2.45) is 0 Å². The Morgan fingerprint density at radius 3 is 2.62 bits per heavy atom. The average molecular weight is 220 g/mol. The van der Waals surface area contributed by atoms with Crippen molar-refractivity contribution in [1.82, 2.24) is 0 Å². The normalized spacial score (nSPS) is 9.38. The first-order valence-electron chi connectivity index (χ1n) is 5.06. The van der Waals surface area contributed by atoms with Crippen molar-refractivity contribution in [3.63, 3.8) is 0 Å². The van der Waals surface area contributed by atoms with Crippen molar-refractivity contribution in [3.05, 3.63) is 17.7 Å². The number of rotatable bonds is 5. The molecule has 1 aromatic carbocycles. The molecular formula is C12H16N2O2. The monoisotopic (exact) mass is 220 g/mol. The fourth-order valence-electron chi connectivity index (χ4n) is 1.47. The lowest BCUT2D eigenvalue weighted by Gasteiger charge is -2.14. The predicted octanol–water partition coefficient (Wildman–Crippen LogP) is 2.34. The molecule has 1 N–H and O–H groups in total. The van der Waals surface area contributed by atoms with Gasteiger partial charge < -0.3 is 14.8 Å². The molecule has 86 valence electrons. The molecule has 0 saturated carbocycles. The lowest BCUT2D eigenvalue weighted by Crippen LogP contribution is -2.04. The van der Waals surface area contributed by atoms with Gasteiger partial charge in [0, 0.05) is 12.6 Å². The molecule has 4 nitrogen and oxygen atoms in total. The Morgan fingerprint density at radius 1 is 1.31 bits per heavy atom. The summed E-state index contributed by atoms with van der Waals surface area (Å²) in [5.74, 6) is 1.50. The number of hydrogen-bond acceptors (Lipinski definition) is 4. The molecule has 0 heterocycles. The van der Waals surface area contributed by atoms with E-state index in [1.807, 2.05) is 19.1 Å². The first-order valence-corrected chi connectivity index (χ1v) is 5.06. The number of nitriles is 1. The first kappa shape index (κ1) is 12.2. The van der Waals surface area contributed by atoms with Gasteiger partial charge in [0.15, 0.2) is 0 Å². The van der Waals surface area contributed by atoms with Gasteiger partial charge in [0.25, 0.3) is 0 Å². The third-order valence-corrected chi connectivity index (χ3v) is 2.27. The molecule has 0 aliphatic carbocycles. The average Bonchev–Trinajstić information content (AvgIpc) is 2.30. The van der Waals surface area contributed by atoms with Gasteiger partial charge in [0.05, 0.1) is 32.4 Å². The second-order valence-electron chi connectivity index (χ2n) is 3.36. The number of ether oxygens (including phenoxy) is 2. The summed E-state index contributed by atoms with van der Waals surface area (Å²) in [5.41, 5.74) is 1.95. The first-order chi connectivity index (χ1) is 7.72. The Bertz CT molecular complexity index is 397. The minimum atomic E-state index is 0.467. The van der Waals surface area contributed by atoms with Crippen molar-refractivity contribution >= 4 is 5.69 Å². The highest BCUT2D eigenvalue weighted by atomic mass is 16.5. The van der Waals surface area contributed by atoms with E-state index in [9.17, 15) is 0 Å². The largest absolute Gasteiger partial charge is 0.497 e. The molecule has 0 atom stereocenters. The van der Waals surface area contributed by atoms with Crippen LogP contribution in [0.2, 0.25) is 0 Å². The molecule has 0 aliphatic rings. The molecule has 16 heavy (non-hydrogen) atoms. The second kappa shape index (κ2) is 5.86. The number of nitrogens with zero attached hydrogens (tertiary/aromatic N) is 1. The Balaban J connectivity index is 2.93. The van der Waals surface area contributed by atoms with Crippen LogP contribution in [0, 0.1) is 18.3 Å². The van der Waals surface area contributed by atoms with Crippen LogP contribution in [0.4, 0.5) is 5.69 Å². The Morgan fingerprint density at radius 2 is 2.06 bits per heavy atom. The number of methoxy groups -OCH3 is 2. The Kier molecular flexibility index (Phi) is 4.46. The number of anilines is 1. The Hall–Kier alpha value is -1.89. The summed E-state index contributed by atoms with van der Waals surface area (Å²) in [7, 11) is 3.24. The van der Waals surface area contributed by atoms with E-state index >= 15 is 0 Å². The zero-order valence-corrected chi connectivity index (χ0v) is 9.83. The lowest BCUT2D eigenvalue weighted by molar-refractivity contribution is 0.395. The summed E-state index contributed by atoms with van der Waals surface area (Å²) in [5, 5.41) is 11.7. The van der Waals surface area contributed by atoms with E-state index in [4.69, 9.17) is 14.7 Å². The zero-order chi connectivity index (χ0) is 12.0. The van der Waals surface area contributed by atoms with Crippen LogP contribution in [-0.4, -0.2) is 20.8 Å². The molecule has 0 amide bonds. The molecule has 1 rings (SSSR count). The number of aryl methyl sites for hydroxylation is 1. The molecule has 0 fully saturated rings. The minimum Gasteiger partial charge on any atom is -0.497 e. The van der Waals surface area contributed by atoms with Gasteiger partial charge in [-0.1, -0.05) is 0 Å². The van der Waals surface area contributed by atoms with Gasteiger partial charge in [-0.3, -0.25) is 0 Å². The lowest BCUT2D eigenvalue weighted by atomic mass is 10.1. The molecule has 4 heteroatoms. The smallest absolute Gasteiger partial charge is 0.145 e. The number of hydrogen-bond donors (Lipinski definition) is 1. The van der Waals surface area contributed by atoms with Gasteiger partial charge in [-0.05, 0) is 18.6 Å².